The summed E-state index contributed by atoms with van der Waals surface area (Å²) in [4.78, 5) is 22.3. The van der Waals surface area contributed by atoms with Crippen molar-refractivity contribution in [3.8, 4) is 11.5 Å². The Kier molecular flexibility index (Phi) is 7.66. The number of carboxylic acid groups (broad SMARTS) is 1. The fourth-order valence-corrected chi connectivity index (χ4v) is 1.73. The summed E-state index contributed by atoms with van der Waals surface area (Å²) in [6.45, 7) is 4.11. The summed E-state index contributed by atoms with van der Waals surface area (Å²) in [6, 6.07) is 4.40. The van der Waals surface area contributed by atoms with Gasteiger partial charge < -0.3 is 19.9 Å². The second kappa shape index (κ2) is 9.50. The van der Waals surface area contributed by atoms with Crippen LogP contribution in [0.2, 0.25) is 0 Å². The van der Waals surface area contributed by atoms with E-state index < -0.39 is 17.9 Å². The first-order chi connectivity index (χ1) is 11.0. The molecule has 0 unspecified atom stereocenters. The van der Waals surface area contributed by atoms with Crippen LogP contribution >= 0.6 is 0 Å². The molecule has 0 saturated carbocycles. The van der Waals surface area contributed by atoms with E-state index in [1.165, 1.54) is 13.0 Å². The largest absolute Gasteiger partial charge is 0.493 e. The van der Waals surface area contributed by atoms with Gasteiger partial charge in [-0.1, -0.05) is 19.4 Å². The molecule has 0 spiro atoms. The Bertz CT molecular complexity index is 568. The number of carboxylic acids is 1. The summed E-state index contributed by atoms with van der Waals surface area (Å²) in [5.74, 6) is -0.311. The van der Waals surface area contributed by atoms with Crippen LogP contribution in [0.25, 0.3) is 6.08 Å². The average molecular weight is 321 g/mol. The van der Waals surface area contributed by atoms with Crippen LogP contribution in [0.5, 0.6) is 11.5 Å². The molecule has 0 saturated heterocycles. The minimum atomic E-state index is -1.08. The Labute approximate surface area is 136 Å². The number of carbonyl (C=O) groups is 2. The summed E-state index contributed by atoms with van der Waals surface area (Å²) in [5.41, 5.74) is 0.753. The predicted molar refractivity (Wildman–Crippen MR) is 87.7 cm³/mol. The normalized spacial score (nSPS) is 12.0. The zero-order valence-corrected chi connectivity index (χ0v) is 13.7. The molecular formula is C17H23NO5. The highest BCUT2D eigenvalue weighted by atomic mass is 16.5. The average Bonchev–Trinajstić information content (AvgIpc) is 2.53. The van der Waals surface area contributed by atoms with E-state index >= 15 is 0 Å². The minimum Gasteiger partial charge on any atom is -0.493 e. The first kappa shape index (κ1) is 18.5. The third kappa shape index (κ3) is 6.42. The molecule has 0 aliphatic rings. The van der Waals surface area contributed by atoms with Gasteiger partial charge in [-0.2, -0.15) is 0 Å². The molecule has 2 N–H and O–H groups in total. The molecule has 1 rings (SSSR count). The van der Waals surface area contributed by atoms with Crippen LogP contribution in [-0.2, 0) is 9.59 Å². The molecular weight excluding hydrogens is 298 g/mol. The number of carbonyl (C=O) groups excluding carboxylic acids is 1. The van der Waals surface area contributed by atoms with Crippen LogP contribution < -0.4 is 14.8 Å². The molecule has 23 heavy (non-hydrogen) atoms. The molecule has 0 radical (unpaired) electrons. The van der Waals surface area contributed by atoms with E-state index in [0.717, 1.165) is 18.4 Å². The number of hydrogen-bond donors (Lipinski definition) is 2. The Morgan fingerprint density at radius 3 is 2.70 bits per heavy atom. The first-order valence-corrected chi connectivity index (χ1v) is 7.50. The van der Waals surface area contributed by atoms with E-state index in [1.54, 1.807) is 31.4 Å². The molecule has 0 aliphatic carbocycles. The van der Waals surface area contributed by atoms with Crippen LogP contribution in [0, 0.1) is 0 Å². The molecule has 1 aromatic carbocycles. The number of amides is 1. The summed E-state index contributed by atoms with van der Waals surface area (Å²) in [6.07, 6.45) is 4.88. The number of aliphatic carboxylic acids is 1. The second-order valence-corrected chi connectivity index (χ2v) is 5.01. The smallest absolute Gasteiger partial charge is 0.325 e. The van der Waals surface area contributed by atoms with Gasteiger partial charge in [0.1, 0.15) is 6.04 Å². The van der Waals surface area contributed by atoms with Gasteiger partial charge in [0.25, 0.3) is 0 Å². The van der Waals surface area contributed by atoms with Gasteiger partial charge in [0.05, 0.1) is 13.7 Å². The monoisotopic (exact) mass is 321 g/mol. The highest BCUT2D eigenvalue weighted by molar-refractivity contribution is 5.94. The summed E-state index contributed by atoms with van der Waals surface area (Å²) < 4.78 is 10.9. The van der Waals surface area contributed by atoms with Gasteiger partial charge in [-0.15, -0.1) is 0 Å². The van der Waals surface area contributed by atoms with Crippen molar-refractivity contribution in [1.29, 1.82) is 0 Å². The van der Waals surface area contributed by atoms with Crippen LogP contribution in [0.3, 0.4) is 0 Å². The maximum atomic E-state index is 11.6. The quantitative estimate of drug-likeness (QED) is 0.539. The van der Waals surface area contributed by atoms with Crippen molar-refractivity contribution in [2.75, 3.05) is 13.7 Å². The van der Waals surface area contributed by atoms with E-state index in [9.17, 15) is 9.59 Å². The number of rotatable bonds is 9. The lowest BCUT2D eigenvalue weighted by atomic mass is 10.2. The Morgan fingerprint density at radius 2 is 2.09 bits per heavy atom. The SMILES string of the molecule is CCCCOc1ccc(/C=C/C(=O)N[C@H](C)C(=O)O)cc1OC. The van der Waals surface area contributed by atoms with Crippen LogP contribution in [0.4, 0.5) is 0 Å². The molecule has 126 valence electrons. The van der Waals surface area contributed by atoms with Gasteiger partial charge in [0, 0.05) is 6.08 Å². The summed E-state index contributed by atoms with van der Waals surface area (Å²) in [5, 5.41) is 11.1. The summed E-state index contributed by atoms with van der Waals surface area (Å²) in [7, 11) is 1.55. The van der Waals surface area contributed by atoms with Crippen molar-refractivity contribution < 1.29 is 24.2 Å². The van der Waals surface area contributed by atoms with Gasteiger partial charge in [0.15, 0.2) is 11.5 Å². The summed E-state index contributed by atoms with van der Waals surface area (Å²) >= 11 is 0. The maximum absolute atomic E-state index is 11.6. The highest BCUT2D eigenvalue weighted by Gasteiger charge is 2.11. The topological polar surface area (TPSA) is 84.9 Å². The molecule has 0 aliphatic heterocycles. The van der Waals surface area contributed by atoms with E-state index in [4.69, 9.17) is 14.6 Å². The van der Waals surface area contributed by atoms with E-state index in [0.29, 0.717) is 18.1 Å². The van der Waals surface area contributed by atoms with Crippen LogP contribution in [0.1, 0.15) is 32.3 Å². The molecule has 1 amide bonds. The van der Waals surface area contributed by atoms with Crippen molar-refractivity contribution >= 4 is 18.0 Å². The van der Waals surface area contributed by atoms with Crippen molar-refractivity contribution in [1.82, 2.24) is 5.32 Å². The van der Waals surface area contributed by atoms with Gasteiger partial charge in [0.2, 0.25) is 5.91 Å². The van der Waals surface area contributed by atoms with Gasteiger partial charge in [-0.3, -0.25) is 9.59 Å². The van der Waals surface area contributed by atoms with Crippen molar-refractivity contribution in [2.45, 2.75) is 32.7 Å². The third-order valence-electron chi connectivity index (χ3n) is 3.10. The molecule has 0 aromatic heterocycles. The fraction of sp³-hybridized carbons (Fsp3) is 0.412. The lowest BCUT2D eigenvalue weighted by Crippen LogP contribution is -2.37. The first-order valence-electron chi connectivity index (χ1n) is 7.50. The van der Waals surface area contributed by atoms with E-state index in [-0.39, 0.29) is 0 Å². The van der Waals surface area contributed by atoms with Crippen LogP contribution in [0.15, 0.2) is 24.3 Å². The molecule has 0 fully saturated rings. The number of ether oxygens (including phenoxy) is 2. The number of benzene rings is 1. The second-order valence-electron chi connectivity index (χ2n) is 5.01. The van der Waals surface area contributed by atoms with E-state index in [1.807, 2.05) is 0 Å². The molecule has 0 bridgehead atoms. The Balaban J connectivity index is 2.71. The Hall–Kier alpha value is -2.50. The van der Waals surface area contributed by atoms with Crippen molar-refractivity contribution in [2.24, 2.45) is 0 Å². The highest BCUT2D eigenvalue weighted by Crippen LogP contribution is 2.28. The van der Waals surface area contributed by atoms with Crippen LogP contribution in [-0.4, -0.2) is 36.7 Å². The van der Waals surface area contributed by atoms with Gasteiger partial charge >= 0.3 is 5.97 Å². The molecule has 0 heterocycles. The fourth-order valence-electron chi connectivity index (χ4n) is 1.73. The minimum absolute atomic E-state index is 0.470. The molecule has 6 nitrogen and oxygen atoms in total. The standard InChI is InChI=1S/C17H23NO5/c1-4-5-10-23-14-8-6-13(11-15(14)22-3)7-9-16(19)18-12(2)17(20)21/h6-9,11-12H,4-5,10H2,1-3H3,(H,18,19)(H,20,21)/b9-7+/t12-/m1/s1. The number of hydrogen-bond acceptors (Lipinski definition) is 4. The zero-order valence-electron chi connectivity index (χ0n) is 13.7. The number of unbranched alkanes of at least 4 members (excludes halogenated alkanes) is 1. The van der Waals surface area contributed by atoms with Crippen molar-refractivity contribution in [3.05, 3.63) is 29.8 Å². The lowest BCUT2D eigenvalue weighted by molar-refractivity contribution is -0.140. The van der Waals surface area contributed by atoms with Crippen molar-refractivity contribution in [3.63, 3.8) is 0 Å². The molecule has 6 heteroatoms. The zero-order chi connectivity index (χ0) is 17.2. The van der Waals surface area contributed by atoms with Gasteiger partial charge in [-0.05, 0) is 37.1 Å². The molecule has 1 atom stereocenters. The Morgan fingerprint density at radius 1 is 1.35 bits per heavy atom. The third-order valence-corrected chi connectivity index (χ3v) is 3.10. The van der Waals surface area contributed by atoms with Gasteiger partial charge in [-0.25, -0.2) is 0 Å². The maximum Gasteiger partial charge on any atom is 0.325 e. The number of nitrogens with one attached hydrogen (secondary N) is 1. The number of methoxy groups -OCH3 is 1. The lowest BCUT2D eigenvalue weighted by Gasteiger charge is -2.11. The molecule has 1 aromatic rings. The van der Waals surface area contributed by atoms with E-state index in [2.05, 4.69) is 12.2 Å². The predicted octanol–water partition coefficient (Wildman–Crippen LogP) is 2.48.